The van der Waals surface area contributed by atoms with Gasteiger partial charge in [-0.1, -0.05) is 18.2 Å². The van der Waals surface area contributed by atoms with Crippen LogP contribution in [0.1, 0.15) is 30.7 Å². The maximum absolute atomic E-state index is 13.0. The van der Waals surface area contributed by atoms with Gasteiger partial charge in [0.1, 0.15) is 5.75 Å². The molecular weight excluding hydrogens is 264 g/mol. The third-order valence-corrected chi connectivity index (χ3v) is 5.22. The lowest BCUT2D eigenvalue weighted by Crippen LogP contribution is -2.48. The normalized spacial score (nSPS) is 31.2. The molecule has 1 amide bonds. The van der Waals surface area contributed by atoms with Crippen LogP contribution < -0.4 is 10.1 Å². The van der Waals surface area contributed by atoms with Crippen molar-refractivity contribution in [3.05, 3.63) is 29.8 Å². The van der Waals surface area contributed by atoms with Crippen LogP contribution in [0.4, 0.5) is 0 Å². The van der Waals surface area contributed by atoms with Crippen molar-refractivity contribution >= 4 is 5.91 Å². The first kappa shape index (κ1) is 13.1. The lowest BCUT2D eigenvalue weighted by molar-refractivity contribution is -0.135. The predicted molar refractivity (Wildman–Crippen MR) is 80.4 cm³/mol. The molecule has 4 nitrogen and oxygen atoms in total. The number of para-hydroxylation sites is 1. The molecule has 3 aliphatic heterocycles. The molecule has 3 unspecified atom stereocenters. The van der Waals surface area contributed by atoms with Gasteiger partial charge in [0, 0.05) is 24.7 Å². The summed E-state index contributed by atoms with van der Waals surface area (Å²) in [5, 5.41) is 3.56. The topological polar surface area (TPSA) is 41.6 Å². The van der Waals surface area contributed by atoms with Crippen molar-refractivity contribution in [3.8, 4) is 5.75 Å². The van der Waals surface area contributed by atoms with Crippen LogP contribution in [-0.2, 0) is 4.79 Å². The second-order valence-electron chi connectivity index (χ2n) is 6.41. The summed E-state index contributed by atoms with van der Waals surface area (Å²) in [5.41, 5.74) is 1.07. The number of amides is 1. The van der Waals surface area contributed by atoms with Crippen molar-refractivity contribution in [1.29, 1.82) is 0 Å². The molecule has 3 aliphatic rings. The standard InChI is InChI=1S/C17H22N2O2/c20-17(19-9-6-15-12(11-19)5-8-18-15)14-7-10-21-16-4-2-1-3-13(14)16/h1-4,12,14-15,18H,5-11H2. The van der Waals surface area contributed by atoms with Gasteiger partial charge in [0.25, 0.3) is 0 Å². The summed E-state index contributed by atoms with van der Waals surface area (Å²) in [6.45, 7) is 3.58. The summed E-state index contributed by atoms with van der Waals surface area (Å²) in [4.78, 5) is 15.1. The molecule has 3 atom stereocenters. The number of nitrogens with one attached hydrogen (secondary N) is 1. The van der Waals surface area contributed by atoms with Crippen LogP contribution in [0.3, 0.4) is 0 Å². The van der Waals surface area contributed by atoms with Crippen LogP contribution >= 0.6 is 0 Å². The highest BCUT2D eigenvalue weighted by Gasteiger charge is 2.37. The molecule has 3 heterocycles. The first-order chi connectivity index (χ1) is 10.3. The Morgan fingerprint density at radius 1 is 1.24 bits per heavy atom. The van der Waals surface area contributed by atoms with E-state index in [1.807, 2.05) is 24.3 Å². The Balaban J connectivity index is 1.53. The second-order valence-corrected chi connectivity index (χ2v) is 6.41. The molecular formula is C17H22N2O2. The lowest BCUT2D eigenvalue weighted by atomic mass is 9.88. The van der Waals surface area contributed by atoms with E-state index in [1.165, 1.54) is 6.42 Å². The van der Waals surface area contributed by atoms with E-state index in [-0.39, 0.29) is 5.92 Å². The van der Waals surface area contributed by atoms with Gasteiger partial charge in [-0.25, -0.2) is 0 Å². The highest BCUT2D eigenvalue weighted by molar-refractivity contribution is 5.85. The zero-order valence-electron chi connectivity index (χ0n) is 12.3. The minimum Gasteiger partial charge on any atom is -0.493 e. The maximum Gasteiger partial charge on any atom is 0.230 e. The molecule has 0 spiro atoms. The molecule has 0 aromatic heterocycles. The molecule has 0 bridgehead atoms. The molecule has 4 heteroatoms. The average Bonchev–Trinajstić information content (AvgIpc) is 3.01. The molecule has 2 saturated heterocycles. The van der Waals surface area contributed by atoms with E-state index in [0.717, 1.165) is 43.8 Å². The molecule has 21 heavy (non-hydrogen) atoms. The van der Waals surface area contributed by atoms with Gasteiger partial charge in [0.15, 0.2) is 0 Å². The number of benzene rings is 1. The number of hydrogen-bond acceptors (Lipinski definition) is 3. The number of fused-ring (bicyclic) bond motifs is 2. The fourth-order valence-corrected chi connectivity index (χ4v) is 4.07. The van der Waals surface area contributed by atoms with Gasteiger partial charge in [-0.3, -0.25) is 4.79 Å². The molecule has 112 valence electrons. The van der Waals surface area contributed by atoms with Crippen LogP contribution in [0.5, 0.6) is 5.75 Å². The van der Waals surface area contributed by atoms with Crippen molar-refractivity contribution < 1.29 is 9.53 Å². The summed E-state index contributed by atoms with van der Waals surface area (Å²) in [5.74, 6) is 1.83. The Hall–Kier alpha value is -1.55. The molecule has 0 saturated carbocycles. The van der Waals surface area contributed by atoms with Crippen LogP contribution in [0.15, 0.2) is 24.3 Å². The van der Waals surface area contributed by atoms with E-state index >= 15 is 0 Å². The van der Waals surface area contributed by atoms with Gasteiger partial charge in [-0.2, -0.15) is 0 Å². The van der Waals surface area contributed by atoms with Crippen molar-refractivity contribution in [2.75, 3.05) is 26.2 Å². The second kappa shape index (κ2) is 5.34. The van der Waals surface area contributed by atoms with Crippen molar-refractivity contribution in [2.45, 2.75) is 31.2 Å². The van der Waals surface area contributed by atoms with E-state index in [9.17, 15) is 4.79 Å². The minimum atomic E-state index is -0.0131. The SMILES string of the molecule is O=C(C1CCOc2ccccc21)N1CCC2NCCC2C1. The number of nitrogens with zero attached hydrogens (tertiary/aromatic N) is 1. The molecule has 0 aliphatic carbocycles. The van der Waals surface area contributed by atoms with E-state index in [1.54, 1.807) is 0 Å². The van der Waals surface area contributed by atoms with Gasteiger partial charge in [-0.15, -0.1) is 0 Å². The Morgan fingerprint density at radius 2 is 2.14 bits per heavy atom. The van der Waals surface area contributed by atoms with Gasteiger partial charge >= 0.3 is 0 Å². The van der Waals surface area contributed by atoms with Crippen LogP contribution in [-0.4, -0.2) is 43.1 Å². The fraction of sp³-hybridized carbons (Fsp3) is 0.588. The average molecular weight is 286 g/mol. The maximum atomic E-state index is 13.0. The van der Waals surface area contributed by atoms with E-state index in [0.29, 0.717) is 24.5 Å². The van der Waals surface area contributed by atoms with Gasteiger partial charge < -0.3 is 15.0 Å². The summed E-state index contributed by atoms with van der Waals surface area (Å²) < 4.78 is 5.68. The molecule has 1 aromatic rings. The third kappa shape index (κ3) is 2.31. The Morgan fingerprint density at radius 3 is 3.10 bits per heavy atom. The first-order valence-electron chi connectivity index (χ1n) is 8.07. The first-order valence-corrected chi connectivity index (χ1v) is 8.07. The van der Waals surface area contributed by atoms with Crippen molar-refractivity contribution in [3.63, 3.8) is 0 Å². The van der Waals surface area contributed by atoms with Crippen LogP contribution in [0.2, 0.25) is 0 Å². The van der Waals surface area contributed by atoms with Gasteiger partial charge in [0.05, 0.1) is 12.5 Å². The minimum absolute atomic E-state index is 0.0131. The van der Waals surface area contributed by atoms with E-state index < -0.39 is 0 Å². The third-order valence-electron chi connectivity index (χ3n) is 5.22. The summed E-state index contributed by atoms with van der Waals surface area (Å²) in [6, 6.07) is 8.63. The van der Waals surface area contributed by atoms with Crippen molar-refractivity contribution in [2.24, 2.45) is 5.92 Å². The quantitative estimate of drug-likeness (QED) is 0.855. The number of hydrogen-bond donors (Lipinski definition) is 1. The summed E-state index contributed by atoms with van der Waals surface area (Å²) in [7, 11) is 0. The lowest BCUT2D eigenvalue weighted by Gasteiger charge is -2.37. The summed E-state index contributed by atoms with van der Waals surface area (Å²) >= 11 is 0. The van der Waals surface area contributed by atoms with Crippen LogP contribution in [0.25, 0.3) is 0 Å². The molecule has 0 radical (unpaired) electrons. The fourth-order valence-electron chi connectivity index (χ4n) is 4.07. The van der Waals surface area contributed by atoms with Crippen molar-refractivity contribution in [1.82, 2.24) is 10.2 Å². The van der Waals surface area contributed by atoms with Gasteiger partial charge in [-0.05, 0) is 37.8 Å². The molecule has 1 N–H and O–H groups in total. The zero-order valence-corrected chi connectivity index (χ0v) is 12.3. The number of rotatable bonds is 1. The molecule has 1 aromatic carbocycles. The number of ether oxygens (including phenoxy) is 1. The number of piperidine rings is 1. The van der Waals surface area contributed by atoms with E-state index in [2.05, 4.69) is 10.2 Å². The predicted octanol–water partition coefficient (Wildman–Crippen LogP) is 1.76. The summed E-state index contributed by atoms with van der Waals surface area (Å²) in [6.07, 6.45) is 3.11. The zero-order chi connectivity index (χ0) is 14.2. The smallest absolute Gasteiger partial charge is 0.230 e. The number of carbonyl (C=O) groups is 1. The van der Waals surface area contributed by atoms with E-state index in [4.69, 9.17) is 4.74 Å². The monoisotopic (exact) mass is 286 g/mol. The van der Waals surface area contributed by atoms with Crippen LogP contribution in [0, 0.1) is 5.92 Å². The Bertz CT molecular complexity index is 545. The highest BCUT2D eigenvalue weighted by Crippen LogP contribution is 2.36. The number of likely N-dealkylation sites (tertiary alicyclic amines) is 1. The highest BCUT2D eigenvalue weighted by atomic mass is 16.5. The largest absolute Gasteiger partial charge is 0.493 e. The Kier molecular flexibility index (Phi) is 3.34. The molecule has 2 fully saturated rings. The molecule has 4 rings (SSSR count). The van der Waals surface area contributed by atoms with Gasteiger partial charge in [0.2, 0.25) is 5.91 Å². The Labute approximate surface area is 125 Å². The number of carbonyl (C=O) groups excluding carboxylic acids is 1.